The van der Waals surface area contributed by atoms with Crippen LogP contribution in [0.5, 0.6) is 5.75 Å². The van der Waals surface area contributed by atoms with E-state index in [-0.39, 0.29) is 24.4 Å². The number of hydrogen-bond acceptors (Lipinski definition) is 4. The highest BCUT2D eigenvalue weighted by molar-refractivity contribution is 9.10. The maximum absolute atomic E-state index is 13.6. The number of nitrogens with one attached hydrogen (secondary N) is 2. The van der Waals surface area contributed by atoms with Crippen LogP contribution in [0.15, 0.2) is 76.3 Å². The van der Waals surface area contributed by atoms with Gasteiger partial charge in [-0.05, 0) is 69.5 Å². The monoisotopic (exact) mass is 531 g/mol. The van der Waals surface area contributed by atoms with E-state index in [1.807, 2.05) is 18.2 Å². The lowest BCUT2D eigenvalue weighted by Crippen LogP contribution is -2.29. The van der Waals surface area contributed by atoms with Crippen molar-refractivity contribution in [3.8, 4) is 5.75 Å². The van der Waals surface area contributed by atoms with E-state index in [1.165, 1.54) is 24.4 Å². The molecule has 2 amide bonds. The minimum atomic E-state index is -0.614. The van der Waals surface area contributed by atoms with Crippen LogP contribution in [0, 0.1) is 5.82 Å². The Morgan fingerprint density at radius 1 is 1.09 bits per heavy atom. The van der Waals surface area contributed by atoms with Gasteiger partial charge in [-0.25, -0.2) is 9.82 Å². The fourth-order valence-corrected chi connectivity index (χ4v) is 3.36. The van der Waals surface area contributed by atoms with Crippen LogP contribution in [-0.2, 0) is 11.4 Å². The van der Waals surface area contributed by atoms with Gasteiger partial charge in [0.15, 0.2) is 0 Å². The average molecular weight is 533 g/mol. The quantitative estimate of drug-likeness (QED) is 0.298. The predicted octanol–water partition coefficient (Wildman–Crippen LogP) is 5.09. The largest absolute Gasteiger partial charge is 0.488 e. The first kappa shape index (κ1) is 24.4. The molecule has 0 spiro atoms. The van der Waals surface area contributed by atoms with E-state index >= 15 is 0 Å². The zero-order chi connectivity index (χ0) is 23.6. The second-order valence-corrected chi connectivity index (χ2v) is 8.17. The molecule has 2 N–H and O–H groups in total. The van der Waals surface area contributed by atoms with Gasteiger partial charge >= 0.3 is 0 Å². The second kappa shape index (κ2) is 12.1. The van der Waals surface area contributed by atoms with Gasteiger partial charge in [0, 0.05) is 18.0 Å². The summed E-state index contributed by atoms with van der Waals surface area (Å²) in [6, 6.07) is 18.4. The van der Waals surface area contributed by atoms with Gasteiger partial charge in [-0.2, -0.15) is 5.10 Å². The highest BCUT2D eigenvalue weighted by atomic mass is 79.9. The number of hydrogen-bond donors (Lipinski definition) is 2. The Labute approximate surface area is 203 Å². The van der Waals surface area contributed by atoms with Crippen LogP contribution in [0.25, 0.3) is 0 Å². The molecule has 0 unspecified atom stereocenters. The van der Waals surface area contributed by atoms with Crippen molar-refractivity contribution in [2.24, 2.45) is 5.10 Å². The number of carbonyl (C=O) groups is 2. The van der Waals surface area contributed by atoms with Crippen molar-refractivity contribution in [3.05, 3.63) is 98.7 Å². The SMILES string of the molecule is O=C(CCNC(=O)c1ccccc1F)NN=Cc1ccc(OCc2ccc(Cl)cc2)c(Br)c1. The Morgan fingerprint density at radius 3 is 2.58 bits per heavy atom. The normalized spacial score (nSPS) is 10.8. The van der Waals surface area contributed by atoms with Gasteiger partial charge in [-0.15, -0.1) is 0 Å². The first-order chi connectivity index (χ1) is 15.9. The summed E-state index contributed by atoms with van der Waals surface area (Å²) in [6.45, 7) is 0.451. The fraction of sp³-hybridized carbons (Fsp3) is 0.125. The molecule has 3 aromatic carbocycles. The standard InChI is InChI=1S/C24H20BrClFN3O3/c25-20-13-17(7-10-22(20)33-15-16-5-8-18(26)9-6-16)14-29-30-23(31)11-12-28-24(32)19-3-1-2-4-21(19)27/h1-10,13-14H,11-12,15H2,(H,28,32)(H,30,31). The third-order valence-electron chi connectivity index (χ3n) is 4.42. The second-order valence-electron chi connectivity index (χ2n) is 6.88. The summed E-state index contributed by atoms with van der Waals surface area (Å²) in [5.74, 6) is -0.914. The van der Waals surface area contributed by atoms with Gasteiger partial charge < -0.3 is 10.1 Å². The summed E-state index contributed by atoms with van der Waals surface area (Å²) in [7, 11) is 0. The lowest BCUT2D eigenvalue weighted by molar-refractivity contribution is -0.120. The Balaban J connectivity index is 1.42. The number of ether oxygens (including phenoxy) is 1. The molecule has 0 aromatic heterocycles. The van der Waals surface area contributed by atoms with Gasteiger partial charge in [0.2, 0.25) is 5.91 Å². The summed E-state index contributed by atoms with van der Waals surface area (Å²) in [6.07, 6.45) is 1.49. The summed E-state index contributed by atoms with van der Waals surface area (Å²) in [4.78, 5) is 23.8. The number of nitrogens with zero attached hydrogens (tertiary/aromatic N) is 1. The fourth-order valence-electron chi connectivity index (χ4n) is 2.72. The van der Waals surface area contributed by atoms with E-state index in [4.69, 9.17) is 16.3 Å². The minimum absolute atomic E-state index is 0.00129. The molecule has 0 heterocycles. The van der Waals surface area contributed by atoms with E-state index in [1.54, 1.807) is 30.3 Å². The number of halogens is 3. The van der Waals surface area contributed by atoms with Crippen molar-refractivity contribution in [2.45, 2.75) is 13.0 Å². The highest BCUT2D eigenvalue weighted by Crippen LogP contribution is 2.26. The minimum Gasteiger partial charge on any atom is -0.488 e. The van der Waals surface area contributed by atoms with Gasteiger partial charge in [-0.3, -0.25) is 9.59 Å². The zero-order valence-electron chi connectivity index (χ0n) is 17.4. The van der Waals surface area contributed by atoms with Crippen molar-refractivity contribution >= 4 is 45.6 Å². The zero-order valence-corrected chi connectivity index (χ0v) is 19.7. The molecular formula is C24H20BrClFN3O3. The maximum atomic E-state index is 13.6. The number of hydrazone groups is 1. The average Bonchev–Trinajstić information content (AvgIpc) is 2.80. The topological polar surface area (TPSA) is 79.8 Å². The molecule has 0 saturated heterocycles. The molecule has 0 aliphatic carbocycles. The van der Waals surface area contributed by atoms with Crippen LogP contribution in [0.2, 0.25) is 5.02 Å². The molecule has 6 nitrogen and oxygen atoms in total. The Bertz CT molecular complexity index is 1160. The molecule has 0 aliphatic heterocycles. The molecule has 0 aliphatic rings. The highest BCUT2D eigenvalue weighted by Gasteiger charge is 2.10. The van der Waals surface area contributed by atoms with Crippen LogP contribution >= 0.6 is 27.5 Å². The molecule has 0 saturated carbocycles. The summed E-state index contributed by atoms with van der Waals surface area (Å²) in [5.41, 5.74) is 4.06. The van der Waals surface area contributed by atoms with Crippen LogP contribution in [0.4, 0.5) is 4.39 Å². The van der Waals surface area contributed by atoms with E-state index < -0.39 is 11.7 Å². The third kappa shape index (κ3) is 7.69. The van der Waals surface area contributed by atoms with Gasteiger partial charge in [0.25, 0.3) is 5.91 Å². The van der Waals surface area contributed by atoms with Crippen molar-refractivity contribution in [1.82, 2.24) is 10.7 Å². The van der Waals surface area contributed by atoms with Crippen LogP contribution in [0.3, 0.4) is 0 Å². The van der Waals surface area contributed by atoms with E-state index in [2.05, 4.69) is 31.8 Å². The Hall–Kier alpha value is -3.23. The Morgan fingerprint density at radius 2 is 1.85 bits per heavy atom. The van der Waals surface area contributed by atoms with E-state index in [9.17, 15) is 14.0 Å². The predicted molar refractivity (Wildman–Crippen MR) is 129 cm³/mol. The molecule has 170 valence electrons. The molecule has 3 rings (SSSR count). The molecule has 33 heavy (non-hydrogen) atoms. The lowest BCUT2D eigenvalue weighted by atomic mass is 10.2. The first-order valence-electron chi connectivity index (χ1n) is 9.94. The molecule has 3 aromatic rings. The van der Waals surface area contributed by atoms with E-state index in [0.29, 0.717) is 17.4 Å². The van der Waals surface area contributed by atoms with Crippen molar-refractivity contribution in [2.75, 3.05) is 6.54 Å². The summed E-state index contributed by atoms with van der Waals surface area (Å²) in [5, 5.41) is 7.08. The molecule has 9 heteroatoms. The summed E-state index contributed by atoms with van der Waals surface area (Å²) < 4.78 is 20.1. The number of benzene rings is 3. The van der Waals surface area contributed by atoms with Crippen LogP contribution in [-0.4, -0.2) is 24.6 Å². The first-order valence-corrected chi connectivity index (χ1v) is 11.1. The number of carbonyl (C=O) groups excluding carboxylic acids is 2. The number of rotatable bonds is 9. The van der Waals surface area contributed by atoms with Gasteiger partial charge in [-0.1, -0.05) is 35.9 Å². The molecular weight excluding hydrogens is 513 g/mol. The van der Waals surface area contributed by atoms with Crippen molar-refractivity contribution < 1.29 is 18.7 Å². The number of amides is 2. The van der Waals surface area contributed by atoms with Crippen LogP contribution in [0.1, 0.15) is 27.9 Å². The smallest absolute Gasteiger partial charge is 0.254 e. The van der Waals surface area contributed by atoms with Gasteiger partial charge in [0.05, 0.1) is 16.3 Å². The summed E-state index contributed by atoms with van der Waals surface area (Å²) >= 11 is 9.35. The van der Waals surface area contributed by atoms with Crippen molar-refractivity contribution in [3.63, 3.8) is 0 Å². The molecule has 0 radical (unpaired) electrons. The van der Waals surface area contributed by atoms with E-state index in [0.717, 1.165) is 15.6 Å². The van der Waals surface area contributed by atoms with Gasteiger partial charge in [0.1, 0.15) is 18.2 Å². The van der Waals surface area contributed by atoms with Crippen molar-refractivity contribution in [1.29, 1.82) is 0 Å². The third-order valence-corrected chi connectivity index (χ3v) is 5.29. The van der Waals surface area contributed by atoms with Crippen LogP contribution < -0.4 is 15.5 Å². The molecule has 0 atom stereocenters. The Kier molecular flexibility index (Phi) is 8.97. The molecule has 0 fully saturated rings. The lowest BCUT2D eigenvalue weighted by Gasteiger charge is -2.09. The molecule has 0 bridgehead atoms. The maximum Gasteiger partial charge on any atom is 0.254 e.